The van der Waals surface area contributed by atoms with Crippen molar-refractivity contribution >= 4 is 11.6 Å². The largest absolute Gasteiger partial charge is 0.481 e. The van der Waals surface area contributed by atoms with Crippen molar-refractivity contribution in [2.24, 2.45) is 0 Å². The average Bonchev–Trinajstić information content (AvgIpc) is 2.88. The monoisotopic (exact) mass is 284 g/mol. The number of fused-ring (bicyclic) bond motifs is 1. The van der Waals surface area contributed by atoms with Crippen LogP contribution in [0.2, 0.25) is 0 Å². The van der Waals surface area contributed by atoms with Gasteiger partial charge < -0.3 is 9.51 Å². The van der Waals surface area contributed by atoms with Crippen molar-refractivity contribution in [3.8, 4) is 0 Å². The first-order valence-electron chi connectivity index (χ1n) is 6.54. The molecule has 106 valence electrons. The van der Waals surface area contributed by atoms with Gasteiger partial charge in [0.05, 0.1) is 12.1 Å². The molecule has 21 heavy (non-hydrogen) atoms. The van der Waals surface area contributed by atoms with E-state index in [9.17, 15) is 9.18 Å². The third-order valence-electron chi connectivity index (χ3n) is 3.43. The molecule has 1 atom stereocenters. The number of benzene rings is 1. The number of rotatable bonds is 4. The highest BCUT2D eigenvalue weighted by Gasteiger charge is 2.21. The summed E-state index contributed by atoms with van der Waals surface area (Å²) in [6.45, 7) is 0. The second-order valence-electron chi connectivity index (χ2n) is 4.82. The van der Waals surface area contributed by atoms with Crippen LogP contribution in [0.4, 0.5) is 4.39 Å². The zero-order valence-corrected chi connectivity index (χ0v) is 11.1. The fourth-order valence-corrected chi connectivity index (χ4v) is 2.50. The van der Waals surface area contributed by atoms with E-state index in [1.54, 1.807) is 18.3 Å². The summed E-state index contributed by atoms with van der Waals surface area (Å²) in [5.74, 6) is -1.76. The summed E-state index contributed by atoms with van der Waals surface area (Å²) in [5, 5.41) is 9.16. The van der Waals surface area contributed by atoms with E-state index in [2.05, 4.69) is 4.98 Å². The number of nitrogens with zero attached hydrogens (tertiary/aromatic N) is 2. The van der Waals surface area contributed by atoms with Crippen LogP contribution >= 0.6 is 0 Å². The Morgan fingerprint density at radius 1 is 1.29 bits per heavy atom. The molecule has 0 aliphatic carbocycles. The van der Waals surface area contributed by atoms with E-state index in [-0.39, 0.29) is 12.2 Å². The summed E-state index contributed by atoms with van der Waals surface area (Å²) in [6, 6.07) is 11.6. The smallest absolute Gasteiger partial charge is 0.304 e. The average molecular weight is 284 g/mol. The topological polar surface area (TPSA) is 54.6 Å². The molecule has 0 aliphatic rings. The number of hydrogen-bond acceptors (Lipinski definition) is 2. The minimum absolute atomic E-state index is 0.119. The van der Waals surface area contributed by atoms with Crippen LogP contribution in [0.25, 0.3) is 5.65 Å². The highest BCUT2D eigenvalue weighted by molar-refractivity contribution is 5.69. The summed E-state index contributed by atoms with van der Waals surface area (Å²) in [4.78, 5) is 15.4. The zero-order chi connectivity index (χ0) is 14.8. The molecule has 2 aromatic heterocycles. The molecule has 0 saturated heterocycles. The predicted molar refractivity (Wildman–Crippen MR) is 75.7 cm³/mol. The molecule has 0 radical (unpaired) electrons. The Labute approximate surface area is 120 Å². The standard InChI is InChI=1S/C16H13FN2O2/c17-12-5-3-4-11(8-12)13(9-16(20)21)14-10-18-15-6-1-2-7-19(14)15/h1-8,10,13H,9H2,(H,20,21). The normalized spacial score (nSPS) is 12.4. The molecule has 1 aromatic carbocycles. The number of imidazole rings is 1. The number of carbonyl (C=O) groups is 1. The van der Waals surface area contributed by atoms with Crippen LogP contribution in [-0.4, -0.2) is 20.5 Å². The van der Waals surface area contributed by atoms with Gasteiger partial charge in [-0.2, -0.15) is 0 Å². The summed E-state index contributed by atoms with van der Waals surface area (Å²) in [5.41, 5.74) is 2.10. The first-order chi connectivity index (χ1) is 10.1. The van der Waals surface area contributed by atoms with E-state index in [0.29, 0.717) is 5.56 Å². The van der Waals surface area contributed by atoms with Crippen molar-refractivity contribution < 1.29 is 14.3 Å². The SMILES string of the molecule is O=C(O)CC(c1cccc(F)c1)c1cnc2ccccn12. The van der Waals surface area contributed by atoms with Gasteiger partial charge in [-0.05, 0) is 29.8 Å². The van der Waals surface area contributed by atoms with Gasteiger partial charge in [0, 0.05) is 18.3 Å². The van der Waals surface area contributed by atoms with Crippen molar-refractivity contribution in [3.63, 3.8) is 0 Å². The summed E-state index contributed by atoms with van der Waals surface area (Å²) in [7, 11) is 0. The molecule has 1 N–H and O–H groups in total. The third-order valence-corrected chi connectivity index (χ3v) is 3.43. The maximum atomic E-state index is 13.5. The minimum Gasteiger partial charge on any atom is -0.481 e. The Morgan fingerprint density at radius 3 is 2.90 bits per heavy atom. The Bertz CT molecular complexity index is 798. The summed E-state index contributed by atoms with van der Waals surface area (Å²) >= 11 is 0. The van der Waals surface area contributed by atoms with Crippen LogP contribution in [-0.2, 0) is 4.79 Å². The molecule has 0 fully saturated rings. The van der Waals surface area contributed by atoms with Gasteiger partial charge in [0.15, 0.2) is 0 Å². The Kier molecular flexibility index (Phi) is 3.39. The molecule has 3 rings (SSSR count). The van der Waals surface area contributed by atoms with Crippen molar-refractivity contribution in [3.05, 3.63) is 71.9 Å². The van der Waals surface area contributed by atoms with E-state index in [0.717, 1.165) is 11.3 Å². The number of aromatic nitrogens is 2. The lowest BCUT2D eigenvalue weighted by atomic mass is 9.92. The van der Waals surface area contributed by atoms with Crippen LogP contribution in [0.1, 0.15) is 23.6 Å². The van der Waals surface area contributed by atoms with E-state index in [4.69, 9.17) is 5.11 Å². The Morgan fingerprint density at radius 2 is 2.14 bits per heavy atom. The van der Waals surface area contributed by atoms with E-state index < -0.39 is 11.9 Å². The summed E-state index contributed by atoms with van der Waals surface area (Å²) < 4.78 is 15.3. The van der Waals surface area contributed by atoms with Gasteiger partial charge in [0.25, 0.3) is 0 Å². The Hall–Kier alpha value is -2.69. The molecule has 3 aromatic rings. The molecular weight excluding hydrogens is 271 g/mol. The van der Waals surface area contributed by atoms with Gasteiger partial charge in [-0.15, -0.1) is 0 Å². The quantitative estimate of drug-likeness (QED) is 0.801. The van der Waals surface area contributed by atoms with Gasteiger partial charge >= 0.3 is 5.97 Å². The van der Waals surface area contributed by atoms with Crippen LogP contribution in [0, 0.1) is 5.82 Å². The van der Waals surface area contributed by atoms with Crippen LogP contribution < -0.4 is 0 Å². The highest BCUT2D eigenvalue weighted by atomic mass is 19.1. The van der Waals surface area contributed by atoms with Crippen LogP contribution in [0.5, 0.6) is 0 Å². The first kappa shape index (κ1) is 13.3. The molecule has 0 saturated carbocycles. The van der Waals surface area contributed by atoms with E-state index >= 15 is 0 Å². The second-order valence-corrected chi connectivity index (χ2v) is 4.82. The third kappa shape index (κ3) is 2.63. The molecular formula is C16H13FN2O2. The predicted octanol–water partition coefficient (Wildman–Crippen LogP) is 3.08. The van der Waals surface area contributed by atoms with Crippen LogP contribution in [0.3, 0.4) is 0 Å². The number of aliphatic carboxylic acids is 1. The maximum absolute atomic E-state index is 13.5. The molecule has 0 bridgehead atoms. The van der Waals surface area contributed by atoms with Gasteiger partial charge in [-0.25, -0.2) is 9.37 Å². The van der Waals surface area contributed by atoms with Crippen molar-refractivity contribution in [2.45, 2.75) is 12.3 Å². The zero-order valence-electron chi connectivity index (χ0n) is 11.1. The molecule has 4 nitrogen and oxygen atoms in total. The Balaban J connectivity index is 2.13. The van der Waals surface area contributed by atoms with Crippen molar-refractivity contribution in [1.82, 2.24) is 9.38 Å². The molecule has 0 amide bonds. The van der Waals surface area contributed by atoms with Gasteiger partial charge in [-0.3, -0.25) is 4.79 Å². The van der Waals surface area contributed by atoms with Crippen molar-refractivity contribution in [2.75, 3.05) is 0 Å². The fraction of sp³-hybridized carbons (Fsp3) is 0.125. The number of pyridine rings is 1. The van der Waals surface area contributed by atoms with Gasteiger partial charge in [-0.1, -0.05) is 18.2 Å². The number of carboxylic acids is 1. The van der Waals surface area contributed by atoms with E-state index in [1.807, 2.05) is 28.8 Å². The molecule has 0 aliphatic heterocycles. The fourth-order valence-electron chi connectivity index (χ4n) is 2.50. The van der Waals surface area contributed by atoms with Gasteiger partial charge in [0.2, 0.25) is 0 Å². The highest BCUT2D eigenvalue weighted by Crippen LogP contribution is 2.29. The lowest BCUT2D eigenvalue weighted by Gasteiger charge is -2.15. The minimum atomic E-state index is -0.935. The summed E-state index contributed by atoms with van der Waals surface area (Å²) in [6.07, 6.45) is 3.35. The number of hydrogen-bond donors (Lipinski definition) is 1. The maximum Gasteiger partial charge on any atom is 0.304 e. The first-order valence-corrected chi connectivity index (χ1v) is 6.54. The molecule has 0 spiro atoms. The molecule has 1 unspecified atom stereocenters. The van der Waals surface area contributed by atoms with Crippen LogP contribution in [0.15, 0.2) is 54.9 Å². The van der Waals surface area contributed by atoms with E-state index in [1.165, 1.54) is 12.1 Å². The molecule has 5 heteroatoms. The lowest BCUT2D eigenvalue weighted by Crippen LogP contribution is -2.10. The molecule has 2 heterocycles. The number of halogens is 1. The number of carboxylic acid groups (broad SMARTS) is 1. The van der Waals surface area contributed by atoms with Gasteiger partial charge in [0.1, 0.15) is 11.5 Å². The second kappa shape index (κ2) is 5.36. The lowest BCUT2D eigenvalue weighted by molar-refractivity contribution is -0.137. The van der Waals surface area contributed by atoms with Crippen molar-refractivity contribution in [1.29, 1.82) is 0 Å².